The SMILES string of the molecule is O=C(NCCCn1ccnc1)Nc1ccc(CN2CCCN(Cc3ccc(OCc4ccccc4)cc3)CC2)cc1. The Balaban J connectivity index is 0.998. The Kier molecular flexibility index (Phi) is 10.4. The minimum Gasteiger partial charge on any atom is -0.489 e. The molecule has 0 saturated carbocycles. The van der Waals surface area contributed by atoms with Gasteiger partial charge >= 0.3 is 6.03 Å². The van der Waals surface area contributed by atoms with E-state index in [1.54, 1.807) is 12.5 Å². The Hall–Kier alpha value is -4.14. The molecule has 8 nitrogen and oxygen atoms in total. The van der Waals surface area contributed by atoms with E-state index in [1.807, 2.05) is 41.1 Å². The van der Waals surface area contributed by atoms with Gasteiger partial charge in [0.2, 0.25) is 0 Å². The Morgan fingerprint density at radius 1 is 0.805 bits per heavy atom. The zero-order valence-corrected chi connectivity index (χ0v) is 23.6. The van der Waals surface area contributed by atoms with E-state index in [0.29, 0.717) is 13.2 Å². The minimum atomic E-state index is -0.176. The van der Waals surface area contributed by atoms with Crippen molar-refractivity contribution in [1.29, 1.82) is 0 Å². The summed E-state index contributed by atoms with van der Waals surface area (Å²) in [4.78, 5) is 21.3. The molecule has 1 aliphatic rings. The van der Waals surface area contributed by atoms with Gasteiger partial charge in [0.15, 0.2) is 0 Å². The second-order valence-corrected chi connectivity index (χ2v) is 10.6. The number of hydrogen-bond acceptors (Lipinski definition) is 5. The molecule has 1 fully saturated rings. The second kappa shape index (κ2) is 15.0. The number of nitrogens with zero attached hydrogens (tertiary/aromatic N) is 4. The number of imidazole rings is 1. The van der Waals surface area contributed by atoms with Gasteiger partial charge in [0.05, 0.1) is 6.33 Å². The lowest BCUT2D eigenvalue weighted by Gasteiger charge is -2.22. The number of nitrogens with one attached hydrogen (secondary N) is 2. The topological polar surface area (TPSA) is 74.7 Å². The van der Waals surface area contributed by atoms with Crippen molar-refractivity contribution in [3.05, 3.63) is 114 Å². The lowest BCUT2D eigenvalue weighted by molar-refractivity contribution is 0.247. The summed E-state index contributed by atoms with van der Waals surface area (Å²) in [7, 11) is 0. The molecule has 0 unspecified atom stereocenters. The second-order valence-electron chi connectivity index (χ2n) is 10.6. The fraction of sp³-hybridized carbons (Fsp3) is 0.333. The lowest BCUT2D eigenvalue weighted by Crippen LogP contribution is -2.30. The number of benzene rings is 3. The molecule has 1 aliphatic heterocycles. The summed E-state index contributed by atoms with van der Waals surface area (Å²) in [5.74, 6) is 0.906. The number of rotatable bonds is 12. The van der Waals surface area contributed by atoms with Crippen molar-refractivity contribution in [2.75, 3.05) is 38.0 Å². The van der Waals surface area contributed by atoms with Gasteiger partial charge in [0, 0.05) is 57.3 Å². The molecule has 2 amide bonds. The monoisotopic (exact) mass is 552 g/mol. The van der Waals surface area contributed by atoms with Gasteiger partial charge in [-0.25, -0.2) is 9.78 Å². The number of aromatic nitrogens is 2. The van der Waals surface area contributed by atoms with Gasteiger partial charge in [-0.2, -0.15) is 0 Å². The molecule has 0 aliphatic carbocycles. The first kappa shape index (κ1) is 28.4. The van der Waals surface area contributed by atoms with Gasteiger partial charge < -0.3 is 19.9 Å². The summed E-state index contributed by atoms with van der Waals surface area (Å²) in [6.07, 6.45) is 7.47. The number of aryl methyl sites for hydroxylation is 1. The summed E-state index contributed by atoms with van der Waals surface area (Å²) in [5, 5.41) is 5.84. The van der Waals surface area contributed by atoms with Crippen molar-refractivity contribution in [1.82, 2.24) is 24.7 Å². The third kappa shape index (κ3) is 9.48. The first-order valence-corrected chi connectivity index (χ1v) is 14.5. The Bertz CT molecular complexity index is 1310. The highest BCUT2D eigenvalue weighted by atomic mass is 16.5. The summed E-state index contributed by atoms with van der Waals surface area (Å²) in [6.45, 7) is 8.19. The van der Waals surface area contributed by atoms with Gasteiger partial charge in [-0.05, 0) is 66.9 Å². The molecule has 3 aromatic carbocycles. The smallest absolute Gasteiger partial charge is 0.319 e. The Morgan fingerprint density at radius 2 is 1.49 bits per heavy atom. The molecule has 8 heteroatoms. The van der Waals surface area contributed by atoms with E-state index in [1.165, 1.54) is 16.7 Å². The van der Waals surface area contributed by atoms with Crippen molar-refractivity contribution in [2.45, 2.75) is 39.1 Å². The summed E-state index contributed by atoms with van der Waals surface area (Å²) >= 11 is 0. The highest BCUT2D eigenvalue weighted by molar-refractivity contribution is 5.89. The van der Waals surface area contributed by atoms with Crippen LogP contribution in [-0.4, -0.2) is 58.1 Å². The van der Waals surface area contributed by atoms with Crippen LogP contribution in [0.1, 0.15) is 29.5 Å². The first-order chi connectivity index (χ1) is 20.2. The van der Waals surface area contributed by atoms with Crippen LogP contribution in [-0.2, 0) is 26.2 Å². The van der Waals surface area contributed by atoms with Crippen LogP contribution in [0.5, 0.6) is 5.75 Å². The number of urea groups is 1. The van der Waals surface area contributed by atoms with Crippen LogP contribution in [0.25, 0.3) is 0 Å². The van der Waals surface area contributed by atoms with E-state index in [2.05, 4.69) is 73.9 Å². The molecule has 1 saturated heterocycles. The fourth-order valence-corrected chi connectivity index (χ4v) is 5.04. The molecule has 2 N–H and O–H groups in total. The molecule has 4 aromatic rings. The molecular formula is C33H40N6O2. The van der Waals surface area contributed by atoms with Crippen molar-refractivity contribution < 1.29 is 9.53 Å². The lowest BCUT2D eigenvalue weighted by atomic mass is 10.2. The highest BCUT2D eigenvalue weighted by Gasteiger charge is 2.15. The third-order valence-corrected chi connectivity index (χ3v) is 7.31. The Morgan fingerprint density at radius 3 is 2.15 bits per heavy atom. The van der Waals surface area contributed by atoms with Gasteiger partial charge in [-0.15, -0.1) is 0 Å². The average molecular weight is 553 g/mol. The van der Waals surface area contributed by atoms with E-state index in [-0.39, 0.29) is 6.03 Å². The third-order valence-electron chi connectivity index (χ3n) is 7.31. The zero-order chi connectivity index (χ0) is 28.1. The van der Waals surface area contributed by atoms with Gasteiger partial charge in [0.25, 0.3) is 0 Å². The van der Waals surface area contributed by atoms with E-state index in [9.17, 15) is 4.79 Å². The van der Waals surface area contributed by atoms with Crippen LogP contribution in [0.4, 0.5) is 10.5 Å². The highest BCUT2D eigenvalue weighted by Crippen LogP contribution is 2.17. The zero-order valence-electron chi connectivity index (χ0n) is 23.6. The molecule has 5 rings (SSSR count). The Labute approximate surface area is 243 Å². The van der Waals surface area contributed by atoms with Crippen LogP contribution in [0.2, 0.25) is 0 Å². The molecule has 1 aromatic heterocycles. The van der Waals surface area contributed by atoms with Gasteiger partial charge in [0.1, 0.15) is 12.4 Å². The van der Waals surface area contributed by atoms with Crippen LogP contribution in [0.15, 0.2) is 97.6 Å². The molecule has 41 heavy (non-hydrogen) atoms. The molecular weight excluding hydrogens is 512 g/mol. The quantitative estimate of drug-likeness (QED) is 0.231. The van der Waals surface area contributed by atoms with Crippen molar-refractivity contribution in [3.8, 4) is 5.75 Å². The molecule has 214 valence electrons. The predicted octanol–water partition coefficient (Wildman–Crippen LogP) is 5.38. The van der Waals surface area contributed by atoms with Crippen LogP contribution >= 0.6 is 0 Å². The summed E-state index contributed by atoms with van der Waals surface area (Å²) in [5.41, 5.74) is 4.56. The number of hydrogen-bond donors (Lipinski definition) is 2. The largest absolute Gasteiger partial charge is 0.489 e. The van der Waals surface area contributed by atoms with Crippen LogP contribution in [0, 0.1) is 0 Å². The van der Waals surface area contributed by atoms with Crippen molar-refractivity contribution >= 4 is 11.7 Å². The number of carbonyl (C=O) groups is 1. The van der Waals surface area contributed by atoms with Gasteiger partial charge in [-0.1, -0.05) is 54.6 Å². The van der Waals surface area contributed by atoms with Crippen molar-refractivity contribution in [3.63, 3.8) is 0 Å². The number of ether oxygens (including phenoxy) is 1. The summed E-state index contributed by atoms with van der Waals surface area (Å²) in [6, 6.07) is 26.8. The normalized spacial score (nSPS) is 14.3. The van der Waals surface area contributed by atoms with E-state index >= 15 is 0 Å². The number of amides is 2. The maximum atomic E-state index is 12.2. The molecule has 0 spiro atoms. The predicted molar refractivity (Wildman–Crippen MR) is 163 cm³/mol. The first-order valence-electron chi connectivity index (χ1n) is 14.5. The molecule has 0 radical (unpaired) electrons. The summed E-state index contributed by atoms with van der Waals surface area (Å²) < 4.78 is 7.94. The average Bonchev–Trinajstić information content (AvgIpc) is 3.43. The number of carbonyl (C=O) groups excluding carboxylic acids is 1. The maximum Gasteiger partial charge on any atom is 0.319 e. The molecule has 0 atom stereocenters. The number of anilines is 1. The van der Waals surface area contributed by atoms with Gasteiger partial charge in [-0.3, -0.25) is 9.80 Å². The van der Waals surface area contributed by atoms with Crippen molar-refractivity contribution in [2.24, 2.45) is 0 Å². The molecule has 0 bridgehead atoms. The fourth-order valence-electron chi connectivity index (χ4n) is 5.04. The van der Waals surface area contributed by atoms with E-state index in [4.69, 9.17) is 4.74 Å². The van der Waals surface area contributed by atoms with Crippen LogP contribution in [0.3, 0.4) is 0 Å². The minimum absolute atomic E-state index is 0.176. The standard InChI is InChI=1S/C33H40N6O2/c40-33(35-16-4-18-39-21-17-34-27-39)36-31-12-8-28(9-13-31)24-37-19-5-20-38(23-22-37)25-29-10-14-32(15-11-29)41-26-30-6-2-1-3-7-30/h1-3,6-15,17,21,27H,4-5,16,18-20,22-26H2,(H2,35,36,40). The molecule has 2 heterocycles. The van der Waals surface area contributed by atoms with Crippen LogP contribution < -0.4 is 15.4 Å². The van der Waals surface area contributed by atoms with E-state index in [0.717, 1.165) is 70.1 Å². The van der Waals surface area contributed by atoms with E-state index < -0.39 is 0 Å². The maximum absolute atomic E-state index is 12.2.